The maximum atomic E-state index is 13.5. The van der Waals surface area contributed by atoms with Crippen LogP contribution in [0.2, 0.25) is 0 Å². The molecule has 1 aromatic heterocycles. The molecular formula is C24H27N3O. The van der Waals surface area contributed by atoms with Gasteiger partial charge >= 0.3 is 0 Å². The molecule has 6 rings (SSSR count). The molecule has 4 nitrogen and oxygen atoms in total. The van der Waals surface area contributed by atoms with Gasteiger partial charge in [-0.25, -0.2) is 0 Å². The number of para-hydroxylation sites is 1. The van der Waals surface area contributed by atoms with Gasteiger partial charge in [0.2, 0.25) is 0 Å². The number of amides is 1. The minimum Gasteiger partial charge on any atom is -0.350 e. The molecule has 3 fully saturated rings. The number of fused-ring (bicyclic) bond motifs is 5. The number of hydrogen-bond acceptors (Lipinski definition) is 2. The van der Waals surface area contributed by atoms with Gasteiger partial charge in [-0.3, -0.25) is 9.69 Å². The van der Waals surface area contributed by atoms with E-state index < -0.39 is 0 Å². The Morgan fingerprint density at radius 2 is 1.75 bits per heavy atom. The van der Waals surface area contributed by atoms with Gasteiger partial charge in [-0.1, -0.05) is 48.5 Å². The van der Waals surface area contributed by atoms with E-state index in [-0.39, 0.29) is 5.91 Å². The number of rotatable bonds is 3. The molecule has 2 aromatic carbocycles. The van der Waals surface area contributed by atoms with Crippen molar-refractivity contribution in [2.75, 3.05) is 19.6 Å². The highest BCUT2D eigenvalue weighted by Gasteiger charge is 2.37. The average molecular weight is 374 g/mol. The lowest BCUT2D eigenvalue weighted by Crippen LogP contribution is -2.43. The lowest BCUT2D eigenvalue weighted by atomic mass is 9.94. The van der Waals surface area contributed by atoms with E-state index in [4.69, 9.17) is 0 Å². The predicted octanol–water partition coefficient (Wildman–Crippen LogP) is 3.91. The van der Waals surface area contributed by atoms with Gasteiger partial charge < -0.3 is 9.47 Å². The van der Waals surface area contributed by atoms with Crippen LogP contribution in [0.5, 0.6) is 0 Å². The van der Waals surface area contributed by atoms with Crippen molar-refractivity contribution >= 4 is 16.8 Å². The Morgan fingerprint density at radius 1 is 0.964 bits per heavy atom. The smallest absolute Gasteiger partial charge is 0.256 e. The summed E-state index contributed by atoms with van der Waals surface area (Å²) in [4.78, 5) is 18.2. The zero-order valence-electron chi connectivity index (χ0n) is 16.4. The van der Waals surface area contributed by atoms with Gasteiger partial charge in [0.25, 0.3) is 5.91 Å². The fourth-order valence-corrected chi connectivity index (χ4v) is 5.04. The molecule has 2 unspecified atom stereocenters. The van der Waals surface area contributed by atoms with E-state index in [1.807, 2.05) is 25.4 Å². The Morgan fingerprint density at radius 3 is 2.61 bits per heavy atom. The summed E-state index contributed by atoms with van der Waals surface area (Å²) in [6.07, 6.45) is 4.42. The zero-order valence-corrected chi connectivity index (χ0v) is 16.4. The largest absolute Gasteiger partial charge is 0.350 e. The predicted molar refractivity (Wildman–Crippen MR) is 112 cm³/mol. The van der Waals surface area contributed by atoms with Crippen LogP contribution in [0, 0.1) is 5.92 Å². The lowest BCUT2D eigenvalue weighted by Gasteiger charge is -2.36. The van der Waals surface area contributed by atoms with Gasteiger partial charge in [-0.2, -0.15) is 0 Å². The molecule has 2 atom stereocenters. The zero-order chi connectivity index (χ0) is 19.1. The first kappa shape index (κ1) is 17.5. The number of carbonyl (C=O) groups excluding carboxylic acids is 1. The Hall–Kier alpha value is -2.59. The van der Waals surface area contributed by atoms with Crippen molar-refractivity contribution in [3.8, 4) is 0 Å². The Kier molecular flexibility index (Phi) is 4.44. The second kappa shape index (κ2) is 7.10. The van der Waals surface area contributed by atoms with E-state index in [0.717, 1.165) is 42.6 Å². The second-order valence-corrected chi connectivity index (χ2v) is 8.39. The number of hydrogen-bond donors (Lipinski definition) is 0. The number of piperidine rings is 1. The summed E-state index contributed by atoms with van der Waals surface area (Å²) in [5.74, 6) is 0.761. The molecule has 3 aliphatic rings. The quantitative estimate of drug-likeness (QED) is 0.696. The summed E-state index contributed by atoms with van der Waals surface area (Å²) in [6, 6.07) is 19.4. The summed E-state index contributed by atoms with van der Waals surface area (Å²) in [6.45, 7) is 3.80. The molecule has 0 spiro atoms. The molecule has 3 aromatic rings. The maximum Gasteiger partial charge on any atom is 0.256 e. The molecular weight excluding hydrogens is 346 g/mol. The van der Waals surface area contributed by atoms with Crippen LogP contribution in [0.1, 0.15) is 28.8 Å². The molecule has 144 valence electrons. The normalized spacial score (nSPS) is 22.5. The van der Waals surface area contributed by atoms with Crippen molar-refractivity contribution in [2.24, 2.45) is 13.0 Å². The van der Waals surface area contributed by atoms with E-state index >= 15 is 0 Å². The van der Waals surface area contributed by atoms with E-state index in [1.54, 1.807) is 0 Å². The van der Waals surface area contributed by atoms with Crippen LogP contribution in [0.4, 0.5) is 0 Å². The first-order chi connectivity index (χ1) is 13.7. The molecule has 3 aliphatic heterocycles. The van der Waals surface area contributed by atoms with Crippen LogP contribution in [-0.4, -0.2) is 46.0 Å². The van der Waals surface area contributed by atoms with E-state index in [9.17, 15) is 4.79 Å². The summed E-state index contributed by atoms with van der Waals surface area (Å²) in [5.41, 5.74) is 3.32. The monoisotopic (exact) mass is 373 g/mol. The second-order valence-electron chi connectivity index (χ2n) is 8.39. The number of aromatic nitrogens is 1. The van der Waals surface area contributed by atoms with Crippen molar-refractivity contribution in [3.05, 3.63) is 71.9 Å². The molecule has 4 heterocycles. The summed E-state index contributed by atoms with van der Waals surface area (Å²) in [7, 11) is 2.02. The molecule has 4 heteroatoms. The van der Waals surface area contributed by atoms with Crippen LogP contribution in [0.25, 0.3) is 10.9 Å². The minimum absolute atomic E-state index is 0.190. The van der Waals surface area contributed by atoms with Crippen LogP contribution >= 0.6 is 0 Å². The third-order valence-corrected chi connectivity index (χ3v) is 6.47. The van der Waals surface area contributed by atoms with Crippen LogP contribution in [0.15, 0.2) is 60.8 Å². The van der Waals surface area contributed by atoms with Gasteiger partial charge in [-0.15, -0.1) is 0 Å². The number of nitrogens with zero attached hydrogens (tertiary/aromatic N) is 3. The van der Waals surface area contributed by atoms with Crippen LogP contribution in [-0.2, 0) is 13.6 Å². The lowest BCUT2D eigenvalue weighted by molar-refractivity contribution is 0.0737. The summed E-state index contributed by atoms with van der Waals surface area (Å²) in [5, 5.41) is 1.06. The molecule has 3 saturated heterocycles. The fourth-order valence-electron chi connectivity index (χ4n) is 5.04. The number of aryl methyl sites for hydroxylation is 1. The van der Waals surface area contributed by atoms with E-state index in [2.05, 4.69) is 56.8 Å². The van der Waals surface area contributed by atoms with E-state index in [1.165, 1.54) is 18.4 Å². The Balaban J connectivity index is 1.39. The average Bonchev–Trinajstić information content (AvgIpc) is 2.86. The summed E-state index contributed by atoms with van der Waals surface area (Å²) >= 11 is 0. The highest BCUT2D eigenvalue weighted by molar-refractivity contribution is 6.07. The van der Waals surface area contributed by atoms with Gasteiger partial charge in [0.1, 0.15) is 0 Å². The molecule has 2 bridgehead atoms. The first-order valence-corrected chi connectivity index (χ1v) is 10.3. The van der Waals surface area contributed by atoms with Gasteiger partial charge in [0.15, 0.2) is 0 Å². The summed E-state index contributed by atoms with van der Waals surface area (Å²) < 4.78 is 2.07. The standard InChI is InChI=1S/C24H27N3O/c1-25-17-22(21-9-5-6-10-23(21)25)24(28)27-15-19-11-12-20(16-27)26(14-19)13-18-7-3-2-4-8-18/h2-10,17,19-20H,11-16H2,1H3. The Bertz CT molecular complexity index is 994. The van der Waals surface area contributed by atoms with Crippen molar-refractivity contribution in [2.45, 2.75) is 25.4 Å². The molecule has 0 N–H and O–H groups in total. The molecule has 28 heavy (non-hydrogen) atoms. The minimum atomic E-state index is 0.190. The number of carbonyl (C=O) groups is 1. The van der Waals surface area contributed by atoms with Crippen molar-refractivity contribution in [3.63, 3.8) is 0 Å². The van der Waals surface area contributed by atoms with Crippen LogP contribution in [0.3, 0.4) is 0 Å². The molecule has 0 saturated carbocycles. The van der Waals surface area contributed by atoms with Gasteiger partial charge in [0, 0.05) is 56.4 Å². The topological polar surface area (TPSA) is 28.5 Å². The van der Waals surface area contributed by atoms with Crippen molar-refractivity contribution in [1.82, 2.24) is 14.4 Å². The third-order valence-electron chi connectivity index (χ3n) is 6.47. The molecule has 1 amide bonds. The molecule has 0 aliphatic carbocycles. The Labute approximate surface area is 166 Å². The maximum absolute atomic E-state index is 13.5. The van der Waals surface area contributed by atoms with Crippen molar-refractivity contribution in [1.29, 1.82) is 0 Å². The highest BCUT2D eigenvalue weighted by atomic mass is 16.2. The first-order valence-electron chi connectivity index (χ1n) is 10.3. The molecule has 0 radical (unpaired) electrons. The van der Waals surface area contributed by atoms with E-state index in [0.29, 0.717) is 12.0 Å². The van der Waals surface area contributed by atoms with Crippen LogP contribution < -0.4 is 0 Å². The third kappa shape index (κ3) is 3.12. The fraction of sp³-hybridized carbons (Fsp3) is 0.375. The number of benzene rings is 2. The van der Waals surface area contributed by atoms with Gasteiger partial charge in [-0.05, 0) is 30.4 Å². The van der Waals surface area contributed by atoms with Crippen molar-refractivity contribution < 1.29 is 4.79 Å². The van der Waals surface area contributed by atoms with Gasteiger partial charge in [0.05, 0.1) is 5.56 Å². The highest BCUT2D eigenvalue weighted by Crippen LogP contribution is 2.31. The SMILES string of the molecule is Cn1cc(C(=O)N2CC3CCC(C2)N(Cc2ccccc2)C3)c2ccccc21.